The van der Waals surface area contributed by atoms with Crippen molar-refractivity contribution < 1.29 is 14.7 Å². The summed E-state index contributed by atoms with van der Waals surface area (Å²) in [6.07, 6.45) is 1.32. The van der Waals surface area contributed by atoms with E-state index >= 15 is 0 Å². The number of thioether (sulfide) groups is 1. The second-order valence-electron chi connectivity index (χ2n) is 5.03. The van der Waals surface area contributed by atoms with Crippen LogP contribution in [0.2, 0.25) is 10.2 Å². The molecule has 1 aliphatic heterocycles. The highest BCUT2D eigenvalue weighted by Crippen LogP contribution is 2.35. The lowest BCUT2D eigenvalue weighted by molar-refractivity contribution is -0.141. The number of hydrogen-bond donors (Lipinski definition) is 1. The minimum absolute atomic E-state index is 0.110. The Morgan fingerprint density at radius 1 is 1.48 bits per heavy atom. The van der Waals surface area contributed by atoms with Crippen molar-refractivity contribution in [2.24, 2.45) is 5.92 Å². The highest BCUT2D eigenvalue weighted by atomic mass is 35.5. The van der Waals surface area contributed by atoms with Gasteiger partial charge in [0.25, 0.3) is 5.91 Å². The summed E-state index contributed by atoms with van der Waals surface area (Å²) < 4.78 is 0. The van der Waals surface area contributed by atoms with Crippen LogP contribution in [0, 0.1) is 5.92 Å². The zero-order chi connectivity index (χ0) is 15.7. The predicted molar refractivity (Wildman–Crippen MR) is 82.9 cm³/mol. The first-order valence-corrected chi connectivity index (χ1v) is 8.11. The maximum absolute atomic E-state index is 12.6. The molecule has 2 unspecified atom stereocenters. The Labute approximate surface area is 136 Å². The third-order valence-corrected chi connectivity index (χ3v) is 5.48. The van der Waals surface area contributed by atoms with Crippen LogP contribution in [0.3, 0.4) is 0 Å². The van der Waals surface area contributed by atoms with Crippen LogP contribution < -0.4 is 0 Å². The molecular weight excluding hydrogens is 335 g/mol. The molecule has 0 radical (unpaired) electrons. The van der Waals surface area contributed by atoms with Crippen LogP contribution in [-0.4, -0.2) is 44.0 Å². The van der Waals surface area contributed by atoms with Crippen LogP contribution >= 0.6 is 35.0 Å². The van der Waals surface area contributed by atoms with E-state index in [0.717, 1.165) is 0 Å². The van der Waals surface area contributed by atoms with Crippen LogP contribution in [-0.2, 0) is 4.79 Å². The quantitative estimate of drug-likeness (QED) is 0.850. The van der Waals surface area contributed by atoms with E-state index in [-0.39, 0.29) is 27.0 Å². The molecule has 2 rings (SSSR count). The number of carbonyl (C=O) groups is 2. The van der Waals surface area contributed by atoms with Gasteiger partial charge in [0.05, 0.1) is 16.0 Å². The lowest BCUT2D eigenvalue weighted by atomic mass is 10.1. The van der Waals surface area contributed by atoms with Gasteiger partial charge in [-0.25, -0.2) is 9.78 Å². The number of hydrogen-bond acceptors (Lipinski definition) is 4. The molecule has 5 nitrogen and oxygen atoms in total. The first-order chi connectivity index (χ1) is 9.82. The Morgan fingerprint density at radius 2 is 2.14 bits per heavy atom. The molecule has 1 saturated heterocycles. The van der Waals surface area contributed by atoms with Gasteiger partial charge in [-0.15, -0.1) is 11.8 Å². The summed E-state index contributed by atoms with van der Waals surface area (Å²) in [5.74, 6) is -0.887. The molecule has 0 saturated carbocycles. The number of aromatic nitrogens is 1. The topological polar surface area (TPSA) is 70.5 Å². The number of rotatable bonds is 3. The summed E-state index contributed by atoms with van der Waals surface area (Å²) >= 11 is 13.1. The van der Waals surface area contributed by atoms with E-state index in [1.165, 1.54) is 28.9 Å². The molecule has 1 N–H and O–H groups in total. The Balaban J connectivity index is 2.36. The summed E-state index contributed by atoms with van der Waals surface area (Å²) in [7, 11) is 0. The fourth-order valence-electron chi connectivity index (χ4n) is 2.18. The van der Waals surface area contributed by atoms with Crippen LogP contribution in [0.5, 0.6) is 0 Å². The lowest BCUT2D eigenvalue weighted by Gasteiger charge is -2.29. The van der Waals surface area contributed by atoms with Crippen LogP contribution in [0.1, 0.15) is 24.2 Å². The maximum Gasteiger partial charge on any atom is 0.327 e. The van der Waals surface area contributed by atoms with E-state index in [2.05, 4.69) is 4.98 Å². The first kappa shape index (κ1) is 16.4. The molecule has 0 aliphatic carbocycles. The maximum atomic E-state index is 12.6. The van der Waals surface area contributed by atoms with Gasteiger partial charge in [-0.05, 0) is 12.0 Å². The van der Waals surface area contributed by atoms with E-state index in [1.54, 1.807) is 0 Å². The minimum Gasteiger partial charge on any atom is -0.480 e. The van der Waals surface area contributed by atoms with E-state index in [4.69, 9.17) is 23.2 Å². The number of aliphatic carboxylic acids is 1. The molecule has 1 amide bonds. The number of amides is 1. The Kier molecular flexibility index (Phi) is 5.01. The number of nitrogens with zero attached hydrogens (tertiary/aromatic N) is 2. The molecule has 21 heavy (non-hydrogen) atoms. The summed E-state index contributed by atoms with van der Waals surface area (Å²) in [4.78, 5) is 29.3. The van der Waals surface area contributed by atoms with Crippen molar-refractivity contribution in [3.05, 3.63) is 28.0 Å². The van der Waals surface area contributed by atoms with Crippen molar-refractivity contribution in [1.82, 2.24) is 9.88 Å². The summed E-state index contributed by atoms with van der Waals surface area (Å²) in [5, 5.41) is 9.40. The first-order valence-electron chi connectivity index (χ1n) is 6.31. The van der Waals surface area contributed by atoms with Gasteiger partial charge >= 0.3 is 5.97 Å². The molecule has 0 aromatic carbocycles. The van der Waals surface area contributed by atoms with Gasteiger partial charge in [0.15, 0.2) is 0 Å². The van der Waals surface area contributed by atoms with Gasteiger partial charge in [-0.2, -0.15) is 0 Å². The van der Waals surface area contributed by atoms with Crippen molar-refractivity contribution >= 4 is 46.8 Å². The predicted octanol–water partition coefficient (Wildman–Crippen LogP) is 3.01. The van der Waals surface area contributed by atoms with Gasteiger partial charge in [0.2, 0.25) is 0 Å². The average Bonchev–Trinajstić information content (AvgIpc) is 2.86. The zero-order valence-electron chi connectivity index (χ0n) is 11.4. The van der Waals surface area contributed by atoms with Gasteiger partial charge in [0, 0.05) is 11.9 Å². The normalized spacial score (nSPS) is 21.9. The average molecular weight is 349 g/mol. The third-order valence-electron chi connectivity index (χ3n) is 3.17. The van der Waals surface area contributed by atoms with Crippen LogP contribution in [0.25, 0.3) is 0 Å². The minimum atomic E-state index is -1.01. The monoisotopic (exact) mass is 348 g/mol. The third kappa shape index (κ3) is 3.27. The zero-order valence-corrected chi connectivity index (χ0v) is 13.7. The molecule has 0 spiro atoms. The summed E-state index contributed by atoms with van der Waals surface area (Å²) in [6.45, 7) is 3.91. The summed E-state index contributed by atoms with van der Waals surface area (Å²) in [5.41, 5.74) is 0.240. The van der Waals surface area contributed by atoms with Crippen molar-refractivity contribution in [2.75, 3.05) is 5.75 Å². The summed E-state index contributed by atoms with van der Waals surface area (Å²) in [6, 6.07) is 0.572. The van der Waals surface area contributed by atoms with Crippen LogP contribution in [0.15, 0.2) is 12.3 Å². The molecule has 1 aromatic rings. The number of carboxylic acid groups (broad SMARTS) is 1. The Morgan fingerprint density at radius 3 is 2.67 bits per heavy atom. The van der Waals surface area contributed by atoms with E-state index in [0.29, 0.717) is 5.75 Å². The molecule has 2 heterocycles. The van der Waals surface area contributed by atoms with Gasteiger partial charge in [-0.1, -0.05) is 37.0 Å². The van der Waals surface area contributed by atoms with E-state index in [9.17, 15) is 14.7 Å². The van der Waals surface area contributed by atoms with Crippen molar-refractivity contribution in [2.45, 2.75) is 25.3 Å². The van der Waals surface area contributed by atoms with Crippen molar-refractivity contribution in [3.63, 3.8) is 0 Å². The molecule has 114 valence electrons. The lowest BCUT2D eigenvalue weighted by Crippen LogP contribution is -2.47. The molecule has 1 aliphatic rings. The number of carboxylic acids is 1. The smallest absolute Gasteiger partial charge is 0.327 e. The number of halogens is 2. The largest absolute Gasteiger partial charge is 0.480 e. The van der Waals surface area contributed by atoms with Gasteiger partial charge < -0.3 is 10.0 Å². The Bertz CT molecular complexity index is 583. The molecule has 2 atom stereocenters. The molecular formula is C13H14Cl2N2O3S. The number of pyridine rings is 1. The molecule has 8 heteroatoms. The SMILES string of the molecule is CC(C)C1SCC(C(=O)O)N1C(=O)c1cnc(Cl)c(Cl)c1. The molecule has 1 aromatic heterocycles. The standard InChI is InChI=1S/C13H14Cl2N2O3S/c1-6(2)12-17(9(5-21-12)13(19)20)11(18)7-3-8(14)10(15)16-4-7/h3-4,6,9,12H,5H2,1-2H3,(H,19,20). The van der Waals surface area contributed by atoms with Crippen LogP contribution in [0.4, 0.5) is 0 Å². The highest BCUT2D eigenvalue weighted by Gasteiger charge is 2.43. The van der Waals surface area contributed by atoms with Gasteiger partial charge in [-0.3, -0.25) is 4.79 Å². The van der Waals surface area contributed by atoms with Gasteiger partial charge in [0.1, 0.15) is 11.2 Å². The second-order valence-corrected chi connectivity index (χ2v) is 6.95. The van der Waals surface area contributed by atoms with Crippen molar-refractivity contribution in [1.29, 1.82) is 0 Å². The molecule has 1 fully saturated rings. The molecule has 0 bridgehead atoms. The van der Waals surface area contributed by atoms with E-state index < -0.39 is 17.9 Å². The van der Waals surface area contributed by atoms with E-state index in [1.807, 2.05) is 13.8 Å². The Hall–Kier alpha value is -0.980. The highest BCUT2D eigenvalue weighted by molar-refractivity contribution is 8.00. The fourth-order valence-corrected chi connectivity index (χ4v) is 3.92. The fraction of sp³-hybridized carbons (Fsp3) is 0.462. The second kappa shape index (κ2) is 6.42. The van der Waals surface area contributed by atoms with Crippen molar-refractivity contribution in [3.8, 4) is 0 Å². The number of carbonyl (C=O) groups excluding carboxylic acids is 1.